The summed E-state index contributed by atoms with van der Waals surface area (Å²) in [5.74, 6) is -0.421. The molecule has 82 valence electrons. The summed E-state index contributed by atoms with van der Waals surface area (Å²) in [5.41, 5.74) is -0.630. The van der Waals surface area contributed by atoms with Crippen LogP contribution in [0, 0.1) is 5.82 Å². The second-order valence-electron chi connectivity index (χ2n) is 3.56. The standard InChI is InChI=1S/C11H11BrClFO/c1-3-11(2,10(13)15)7-5-4-6-8(12)9(7)14/h4-6H,3H2,1-2H3. The third kappa shape index (κ3) is 2.23. The number of benzene rings is 1. The van der Waals surface area contributed by atoms with Gasteiger partial charge < -0.3 is 0 Å². The van der Waals surface area contributed by atoms with Gasteiger partial charge in [0.2, 0.25) is 5.24 Å². The lowest BCUT2D eigenvalue weighted by atomic mass is 9.81. The molecule has 0 N–H and O–H groups in total. The number of halogens is 3. The van der Waals surface area contributed by atoms with Crippen LogP contribution < -0.4 is 0 Å². The fourth-order valence-corrected chi connectivity index (χ4v) is 1.97. The molecule has 15 heavy (non-hydrogen) atoms. The van der Waals surface area contributed by atoms with E-state index in [1.165, 1.54) is 0 Å². The summed E-state index contributed by atoms with van der Waals surface area (Å²) in [6.45, 7) is 3.45. The third-order valence-electron chi connectivity index (χ3n) is 2.69. The zero-order valence-corrected chi connectivity index (χ0v) is 10.8. The maximum absolute atomic E-state index is 13.8. The molecule has 1 rings (SSSR count). The van der Waals surface area contributed by atoms with Crippen molar-refractivity contribution in [2.24, 2.45) is 0 Å². The Balaban J connectivity index is 3.37. The van der Waals surface area contributed by atoms with E-state index in [-0.39, 0.29) is 0 Å². The second-order valence-corrected chi connectivity index (χ2v) is 4.76. The Kier molecular flexibility index (Phi) is 3.90. The molecule has 0 aliphatic heterocycles. The Morgan fingerprint density at radius 3 is 2.67 bits per heavy atom. The predicted octanol–water partition coefficient (Wildman–Crippen LogP) is 4.02. The second kappa shape index (κ2) is 4.62. The highest BCUT2D eigenvalue weighted by atomic mass is 79.9. The number of hydrogen-bond acceptors (Lipinski definition) is 1. The van der Waals surface area contributed by atoms with Crippen molar-refractivity contribution in [3.8, 4) is 0 Å². The van der Waals surface area contributed by atoms with Gasteiger partial charge in [0.25, 0.3) is 0 Å². The van der Waals surface area contributed by atoms with Crippen LogP contribution in [0.2, 0.25) is 0 Å². The van der Waals surface area contributed by atoms with E-state index in [2.05, 4.69) is 15.9 Å². The zero-order valence-electron chi connectivity index (χ0n) is 8.48. The first kappa shape index (κ1) is 12.7. The quantitative estimate of drug-likeness (QED) is 0.769. The maximum Gasteiger partial charge on any atom is 0.232 e. The van der Waals surface area contributed by atoms with Crippen LogP contribution in [-0.4, -0.2) is 5.24 Å². The van der Waals surface area contributed by atoms with Gasteiger partial charge in [0.15, 0.2) is 0 Å². The Hall–Kier alpha value is -0.410. The summed E-state index contributed by atoms with van der Waals surface area (Å²) < 4.78 is 14.1. The number of carbonyl (C=O) groups is 1. The summed E-state index contributed by atoms with van der Waals surface area (Å²) in [4.78, 5) is 11.3. The van der Waals surface area contributed by atoms with E-state index in [1.54, 1.807) is 32.0 Å². The molecule has 1 unspecified atom stereocenters. The molecule has 0 aliphatic rings. The molecule has 0 aromatic heterocycles. The van der Waals surface area contributed by atoms with Crippen LogP contribution in [0.4, 0.5) is 4.39 Å². The van der Waals surface area contributed by atoms with E-state index >= 15 is 0 Å². The van der Waals surface area contributed by atoms with Crippen molar-refractivity contribution < 1.29 is 9.18 Å². The average molecular weight is 294 g/mol. The van der Waals surface area contributed by atoms with Crippen molar-refractivity contribution in [1.29, 1.82) is 0 Å². The van der Waals surface area contributed by atoms with Gasteiger partial charge in [0, 0.05) is 5.56 Å². The number of hydrogen-bond donors (Lipinski definition) is 0. The van der Waals surface area contributed by atoms with Crippen molar-refractivity contribution in [2.75, 3.05) is 0 Å². The van der Waals surface area contributed by atoms with E-state index in [0.717, 1.165) is 0 Å². The van der Waals surface area contributed by atoms with Crippen LogP contribution in [-0.2, 0) is 10.2 Å². The summed E-state index contributed by atoms with van der Waals surface area (Å²) >= 11 is 8.61. The van der Waals surface area contributed by atoms with Crippen LogP contribution in [0.25, 0.3) is 0 Å². The first-order valence-electron chi connectivity index (χ1n) is 4.58. The van der Waals surface area contributed by atoms with E-state index < -0.39 is 16.5 Å². The minimum Gasteiger partial charge on any atom is -0.280 e. The van der Waals surface area contributed by atoms with Crippen molar-refractivity contribution in [3.63, 3.8) is 0 Å². The van der Waals surface area contributed by atoms with E-state index in [4.69, 9.17) is 11.6 Å². The fraction of sp³-hybridized carbons (Fsp3) is 0.364. The van der Waals surface area contributed by atoms with Crippen molar-refractivity contribution in [2.45, 2.75) is 25.7 Å². The summed E-state index contributed by atoms with van der Waals surface area (Å²) in [7, 11) is 0. The van der Waals surface area contributed by atoms with Gasteiger partial charge in [-0.05, 0) is 46.9 Å². The Bertz CT molecular complexity index is 394. The van der Waals surface area contributed by atoms with Crippen LogP contribution in [0.15, 0.2) is 22.7 Å². The van der Waals surface area contributed by atoms with E-state index in [9.17, 15) is 9.18 Å². The van der Waals surface area contributed by atoms with Gasteiger partial charge in [0.1, 0.15) is 5.82 Å². The molecule has 0 bridgehead atoms. The Morgan fingerprint density at radius 2 is 2.20 bits per heavy atom. The molecule has 0 saturated carbocycles. The molecular weight excluding hydrogens is 282 g/mol. The third-order valence-corrected chi connectivity index (χ3v) is 3.72. The molecule has 0 saturated heterocycles. The van der Waals surface area contributed by atoms with Crippen LogP contribution in [0.3, 0.4) is 0 Å². The highest BCUT2D eigenvalue weighted by molar-refractivity contribution is 9.10. The lowest BCUT2D eigenvalue weighted by Crippen LogP contribution is -2.29. The first-order chi connectivity index (χ1) is 6.93. The van der Waals surface area contributed by atoms with Crippen LogP contribution >= 0.6 is 27.5 Å². The molecule has 1 nitrogen and oxygen atoms in total. The molecule has 0 heterocycles. The van der Waals surface area contributed by atoms with Gasteiger partial charge in [-0.2, -0.15) is 0 Å². The van der Waals surface area contributed by atoms with Gasteiger partial charge in [-0.3, -0.25) is 4.79 Å². The molecular formula is C11H11BrClFO. The summed E-state index contributed by atoms with van der Waals surface area (Å²) in [6, 6.07) is 4.87. The van der Waals surface area contributed by atoms with Gasteiger partial charge in [-0.25, -0.2) is 4.39 Å². The molecule has 0 spiro atoms. The molecule has 4 heteroatoms. The average Bonchev–Trinajstić information content (AvgIpc) is 2.20. The van der Waals surface area contributed by atoms with Crippen LogP contribution in [0.1, 0.15) is 25.8 Å². The van der Waals surface area contributed by atoms with Crippen molar-refractivity contribution >= 4 is 32.8 Å². The van der Waals surface area contributed by atoms with E-state index in [1.807, 2.05) is 0 Å². The number of rotatable bonds is 3. The zero-order chi connectivity index (χ0) is 11.6. The Morgan fingerprint density at radius 1 is 1.60 bits per heavy atom. The highest BCUT2D eigenvalue weighted by Gasteiger charge is 2.34. The SMILES string of the molecule is CCC(C)(C(=O)Cl)c1cccc(Br)c1F. The molecule has 0 radical (unpaired) electrons. The Labute approximate surface area is 102 Å². The smallest absolute Gasteiger partial charge is 0.232 e. The largest absolute Gasteiger partial charge is 0.280 e. The molecule has 0 fully saturated rings. The lowest BCUT2D eigenvalue weighted by Gasteiger charge is -2.24. The predicted molar refractivity (Wildman–Crippen MR) is 62.6 cm³/mol. The molecule has 1 aromatic carbocycles. The van der Waals surface area contributed by atoms with E-state index in [0.29, 0.717) is 16.5 Å². The summed E-state index contributed by atoms with van der Waals surface area (Å²) in [6.07, 6.45) is 0.461. The topological polar surface area (TPSA) is 17.1 Å². The van der Waals surface area contributed by atoms with Crippen molar-refractivity contribution in [1.82, 2.24) is 0 Å². The van der Waals surface area contributed by atoms with Gasteiger partial charge in [-0.15, -0.1) is 0 Å². The monoisotopic (exact) mass is 292 g/mol. The lowest BCUT2D eigenvalue weighted by molar-refractivity contribution is -0.116. The minimum atomic E-state index is -0.963. The molecule has 0 aliphatic carbocycles. The minimum absolute atomic E-state index is 0.333. The molecule has 1 atom stereocenters. The number of carbonyl (C=O) groups excluding carboxylic acids is 1. The van der Waals surface area contributed by atoms with Crippen LogP contribution in [0.5, 0.6) is 0 Å². The maximum atomic E-state index is 13.8. The molecule has 1 aromatic rings. The van der Waals surface area contributed by atoms with Crippen molar-refractivity contribution in [3.05, 3.63) is 34.1 Å². The van der Waals surface area contributed by atoms with Gasteiger partial charge >= 0.3 is 0 Å². The summed E-state index contributed by atoms with van der Waals surface area (Å²) in [5, 5.41) is -0.540. The normalized spacial score (nSPS) is 14.7. The molecule has 0 amide bonds. The van der Waals surface area contributed by atoms with Gasteiger partial charge in [-0.1, -0.05) is 19.1 Å². The highest BCUT2D eigenvalue weighted by Crippen LogP contribution is 2.34. The first-order valence-corrected chi connectivity index (χ1v) is 5.75. The fourth-order valence-electron chi connectivity index (χ4n) is 1.37. The van der Waals surface area contributed by atoms with Gasteiger partial charge in [0.05, 0.1) is 9.89 Å².